The summed E-state index contributed by atoms with van der Waals surface area (Å²) in [7, 11) is 0. The van der Waals surface area contributed by atoms with E-state index >= 15 is 0 Å². The summed E-state index contributed by atoms with van der Waals surface area (Å²) in [6.07, 6.45) is 5.98. The number of aromatic nitrogens is 1. The Morgan fingerprint density at radius 1 is 1.30 bits per heavy atom. The predicted octanol–water partition coefficient (Wildman–Crippen LogP) is 3.87. The minimum absolute atomic E-state index is 0.189. The predicted molar refractivity (Wildman–Crippen MR) is 92.0 cm³/mol. The number of hydrogen-bond acceptors (Lipinski definition) is 4. The van der Waals surface area contributed by atoms with Gasteiger partial charge in [-0.3, -0.25) is 4.79 Å². The zero-order valence-electron chi connectivity index (χ0n) is 13.8. The smallest absolute Gasteiger partial charge is 0.273 e. The van der Waals surface area contributed by atoms with Crippen LogP contribution < -0.4 is 11.1 Å². The van der Waals surface area contributed by atoms with Gasteiger partial charge in [0, 0.05) is 17.8 Å². The summed E-state index contributed by atoms with van der Waals surface area (Å²) < 4.78 is 5.40. The first kappa shape index (κ1) is 17.1. The largest absolute Gasteiger partial charge is 0.444 e. The Morgan fingerprint density at radius 3 is 2.70 bits per heavy atom. The molecule has 124 valence electrons. The summed E-state index contributed by atoms with van der Waals surface area (Å²) in [4.78, 5) is 16.4. The topological polar surface area (TPSA) is 81.2 Å². The van der Waals surface area contributed by atoms with Gasteiger partial charge >= 0.3 is 0 Å². The molecule has 0 spiro atoms. The zero-order chi connectivity index (χ0) is 16.7. The quantitative estimate of drug-likeness (QED) is 0.725. The van der Waals surface area contributed by atoms with E-state index in [0.29, 0.717) is 29.7 Å². The van der Waals surface area contributed by atoms with Gasteiger partial charge in [0.1, 0.15) is 6.26 Å². The highest BCUT2D eigenvalue weighted by molar-refractivity contribution is 5.92. The number of hydrogen-bond donors (Lipinski definition) is 2. The maximum absolute atomic E-state index is 12.2. The number of nitrogens with one attached hydrogen (secondary N) is 1. The van der Waals surface area contributed by atoms with Crippen molar-refractivity contribution in [3.8, 4) is 11.5 Å². The molecule has 3 N–H and O–H groups in total. The number of nitrogens with zero attached hydrogens (tertiary/aromatic N) is 1. The molecule has 0 aliphatic carbocycles. The molecule has 0 aliphatic heterocycles. The molecule has 2 rings (SSSR count). The van der Waals surface area contributed by atoms with Gasteiger partial charge in [-0.05, 0) is 36.6 Å². The van der Waals surface area contributed by atoms with Crippen molar-refractivity contribution in [3.05, 3.63) is 36.2 Å². The average Bonchev–Trinajstić information content (AvgIpc) is 3.05. The number of nitrogen functional groups attached to an aromatic ring is 1. The van der Waals surface area contributed by atoms with E-state index in [0.717, 1.165) is 18.4 Å². The average molecular weight is 315 g/mol. The monoisotopic (exact) mass is 315 g/mol. The number of oxazole rings is 1. The SMILES string of the molecule is CCCCC(CC)CNC(=O)c1coc(-c2ccc(N)cc2)n1. The molecular formula is C18H25N3O2. The number of anilines is 1. The highest BCUT2D eigenvalue weighted by atomic mass is 16.3. The fourth-order valence-corrected chi connectivity index (χ4v) is 2.41. The first-order valence-electron chi connectivity index (χ1n) is 8.23. The molecule has 2 aromatic rings. The molecule has 0 aliphatic rings. The fourth-order valence-electron chi connectivity index (χ4n) is 2.41. The lowest BCUT2D eigenvalue weighted by Gasteiger charge is -2.14. The minimum Gasteiger partial charge on any atom is -0.444 e. The van der Waals surface area contributed by atoms with Crippen LogP contribution in [0.3, 0.4) is 0 Å². The van der Waals surface area contributed by atoms with Gasteiger partial charge in [0.15, 0.2) is 5.69 Å². The fraction of sp³-hybridized carbons (Fsp3) is 0.444. The van der Waals surface area contributed by atoms with Gasteiger partial charge < -0.3 is 15.5 Å². The van der Waals surface area contributed by atoms with Crippen molar-refractivity contribution in [2.24, 2.45) is 5.92 Å². The molecule has 0 fully saturated rings. The van der Waals surface area contributed by atoms with E-state index < -0.39 is 0 Å². The van der Waals surface area contributed by atoms with Crippen LogP contribution in [0.1, 0.15) is 50.0 Å². The molecule has 1 unspecified atom stereocenters. The van der Waals surface area contributed by atoms with E-state index in [4.69, 9.17) is 10.2 Å². The van der Waals surface area contributed by atoms with Crippen LogP contribution >= 0.6 is 0 Å². The summed E-state index contributed by atoms with van der Waals surface area (Å²) in [6, 6.07) is 7.19. The second-order valence-corrected chi connectivity index (χ2v) is 5.79. The Hall–Kier alpha value is -2.30. The summed E-state index contributed by atoms with van der Waals surface area (Å²) in [5.74, 6) is 0.751. The van der Waals surface area contributed by atoms with Crippen LogP contribution in [0.15, 0.2) is 34.9 Å². The third-order valence-electron chi connectivity index (χ3n) is 3.99. The van der Waals surface area contributed by atoms with E-state index in [2.05, 4.69) is 24.1 Å². The van der Waals surface area contributed by atoms with Gasteiger partial charge in [-0.1, -0.05) is 33.1 Å². The maximum atomic E-state index is 12.2. The number of carbonyl (C=O) groups excluding carboxylic acids is 1. The minimum atomic E-state index is -0.189. The maximum Gasteiger partial charge on any atom is 0.273 e. The van der Waals surface area contributed by atoms with Crippen molar-refractivity contribution in [2.75, 3.05) is 12.3 Å². The zero-order valence-corrected chi connectivity index (χ0v) is 13.8. The number of carbonyl (C=O) groups is 1. The first-order valence-corrected chi connectivity index (χ1v) is 8.23. The molecule has 1 heterocycles. The van der Waals surface area contributed by atoms with E-state index in [1.165, 1.54) is 19.1 Å². The van der Waals surface area contributed by atoms with Crippen LogP contribution in [0.4, 0.5) is 5.69 Å². The van der Waals surface area contributed by atoms with Crippen molar-refractivity contribution in [3.63, 3.8) is 0 Å². The van der Waals surface area contributed by atoms with E-state index in [-0.39, 0.29) is 5.91 Å². The van der Waals surface area contributed by atoms with Gasteiger partial charge in [-0.25, -0.2) is 4.98 Å². The summed E-state index contributed by atoms with van der Waals surface area (Å²) in [5.41, 5.74) is 7.44. The number of unbranched alkanes of at least 4 members (excludes halogenated alkanes) is 1. The van der Waals surface area contributed by atoms with Crippen LogP contribution in [-0.2, 0) is 0 Å². The molecule has 0 bridgehead atoms. The van der Waals surface area contributed by atoms with Gasteiger partial charge in [-0.15, -0.1) is 0 Å². The van der Waals surface area contributed by atoms with E-state index in [1.807, 2.05) is 12.1 Å². The molecule has 1 atom stereocenters. The third-order valence-corrected chi connectivity index (χ3v) is 3.99. The second-order valence-electron chi connectivity index (χ2n) is 5.79. The first-order chi connectivity index (χ1) is 11.1. The molecule has 1 aromatic heterocycles. The normalized spacial score (nSPS) is 12.1. The standard InChI is InChI=1S/C18H25N3O2/c1-3-5-6-13(4-2)11-20-17(22)16-12-23-18(21-16)14-7-9-15(19)10-8-14/h7-10,12-13H,3-6,11,19H2,1-2H3,(H,20,22). The van der Waals surface area contributed by atoms with Crippen LogP contribution in [-0.4, -0.2) is 17.4 Å². The number of nitrogens with two attached hydrogens (primary N) is 1. The summed E-state index contributed by atoms with van der Waals surface area (Å²) >= 11 is 0. The summed E-state index contributed by atoms with van der Waals surface area (Å²) in [5, 5.41) is 2.95. The number of rotatable bonds is 8. The lowest BCUT2D eigenvalue weighted by molar-refractivity contribution is 0.0941. The lowest BCUT2D eigenvalue weighted by Crippen LogP contribution is -2.29. The van der Waals surface area contributed by atoms with Crippen LogP contribution in [0.5, 0.6) is 0 Å². The Balaban J connectivity index is 1.94. The Labute approximate surface area is 137 Å². The van der Waals surface area contributed by atoms with Crippen LogP contribution in [0, 0.1) is 5.92 Å². The van der Waals surface area contributed by atoms with Crippen molar-refractivity contribution >= 4 is 11.6 Å². The molecule has 0 saturated carbocycles. The van der Waals surface area contributed by atoms with E-state index in [1.54, 1.807) is 12.1 Å². The molecular weight excluding hydrogens is 290 g/mol. The summed E-state index contributed by atoms with van der Waals surface area (Å²) in [6.45, 7) is 5.01. The van der Waals surface area contributed by atoms with Gasteiger partial charge in [0.25, 0.3) is 5.91 Å². The van der Waals surface area contributed by atoms with Crippen molar-refractivity contribution in [1.82, 2.24) is 10.3 Å². The number of amides is 1. The third kappa shape index (κ3) is 4.84. The molecule has 1 amide bonds. The van der Waals surface area contributed by atoms with Crippen molar-refractivity contribution in [2.45, 2.75) is 39.5 Å². The Morgan fingerprint density at radius 2 is 2.04 bits per heavy atom. The Bertz CT molecular complexity index is 619. The lowest BCUT2D eigenvalue weighted by atomic mass is 9.99. The molecule has 0 saturated heterocycles. The van der Waals surface area contributed by atoms with Crippen LogP contribution in [0.2, 0.25) is 0 Å². The molecule has 1 aromatic carbocycles. The van der Waals surface area contributed by atoms with Gasteiger partial charge in [0.2, 0.25) is 5.89 Å². The molecule has 23 heavy (non-hydrogen) atoms. The molecule has 0 radical (unpaired) electrons. The van der Waals surface area contributed by atoms with E-state index in [9.17, 15) is 4.79 Å². The van der Waals surface area contributed by atoms with Gasteiger partial charge in [-0.2, -0.15) is 0 Å². The highest BCUT2D eigenvalue weighted by Gasteiger charge is 2.15. The van der Waals surface area contributed by atoms with Crippen molar-refractivity contribution < 1.29 is 9.21 Å². The Kier molecular flexibility index (Phi) is 6.20. The van der Waals surface area contributed by atoms with Gasteiger partial charge in [0.05, 0.1) is 0 Å². The number of benzene rings is 1. The highest BCUT2D eigenvalue weighted by Crippen LogP contribution is 2.20. The molecule has 5 heteroatoms. The van der Waals surface area contributed by atoms with Crippen molar-refractivity contribution in [1.29, 1.82) is 0 Å². The molecule has 5 nitrogen and oxygen atoms in total. The van der Waals surface area contributed by atoms with Crippen LogP contribution in [0.25, 0.3) is 11.5 Å². The second kappa shape index (κ2) is 8.36.